The first-order chi connectivity index (χ1) is 11.7. The number of aliphatic imine (C=N–C) groups is 1. The van der Waals surface area contributed by atoms with E-state index in [9.17, 15) is 0 Å². The number of ether oxygens (including phenoxy) is 1. The van der Waals surface area contributed by atoms with Crippen LogP contribution in [0.1, 0.15) is 16.9 Å². The van der Waals surface area contributed by atoms with Crippen molar-refractivity contribution in [3.8, 4) is 0 Å². The van der Waals surface area contributed by atoms with Crippen LogP contribution >= 0.6 is 24.0 Å². The predicted molar refractivity (Wildman–Crippen MR) is 113 cm³/mol. The summed E-state index contributed by atoms with van der Waals surface area (Å²) in [6, 6.07) is 12.5. The Kier molecular flexibility index (Phi) is 10.3. The molecule has 0 radical (unpaired) electrons. The van der Waals surface area contributed by atoms with Crippen molar-refractivity contribution < 1.29 is 9.15 Å². The SMILES string of the molecule is COCCN=C(NCCc1ccco1)N(C)Cc1ccc(C)cc1.I. The van der Waals surface area contributed by atoms with Crippen molar-refractivity contribution in [1.82, 2.24) is 10.2 Å². The van der Waals surface area contributed by atoms with E-state index in [1.165, 1.54) is 11.1 Å². The zero-order chi connectivity index (χ0) is 17.2. The number of nitrogens with one attached hydrogen (secondary N) is 1. The van der Waals surface area contributed by atoms with Gasteiger partial charge in [0.25, 0.3) is 0 Å². The molecule has 0 saturated carbocycles. The summed E-state index contributed by atoms with van der Waals surface area (Å²) < 4.78 is 10.5. The highest BCUT2D eigenvalue weighted by Gasteiger charge is 2.07. The van der Waals surface area contributed by atoms with Crippen LogP contribution in [-0.4, -0.2) is 44.7 Å². The van der Waals surface area contributed by atoms with Crippen molar-refractivity contribution >= 4 is 29.9 Å². The van der Waals surface area contributed by atoms with Crippen LogP contribution in [0.15, 0.2) is 52.1 Å². The van der Waals surface area contributed by atoms with Crippen LogP contribution in [0.5, 0.6) is 0 Å². The molecule has 0 fully saturated rings. The number of rotatable bonds is 8. The van der Waals surface area contributed by atoms with E-state index in [-0.39, 0.29) is 24.0 Å². The van der Waals surface area contributed by atoms with Gasteiger partial charge < -0.3 is 19.4 Å². The summed E-state index contributed by atoms with van der Waals surface area (Å²) in [4.78, 5) is 6.75. The van der Waals surface area contributed by atoms with Gasteiger partial charge in [-0.15, -0.1) is 24.0 Å². The molecule has 0 aliphatic carbocycles. The van der Waals surface area contributed by atoms with E-state index in [0.717, 1.165) is 31.2 Å². The first-order valence-corrected chi connectivity index (χ1v) is 8.25. The lowest BCUT2D eigenvalue weighted by atomic mass is 10.1. The average molecular weight is 457 g/mol. The third-order valence-electron chi connectivity index (χ3n) is 3.69. The standard InChI is InChI=1S/C19H27N3O2.HI/c1-16-6-8-17(9-7-16)15-22(2)19(21-12-14-23-3)20-11-10-18-5-4-13-24-18;/h4-9,13H,10-12,14-15H2,1-3H3,(H,20,21);1H. The maximum Gasteiger partial charge on any atom is 0.194 e. The number of halogens is 1. The minimum absolute atomic E-state index is 0. The summed E-state index contributed by atoms with van der Waals surface area (Å²) in [5, 5.41) is 3.41. The zero-order valence-electron chi connectivity index (χ0n) is 15.2. The summed E-state index contributed by atoms with van der Waals surface area (Å²) in [6.07, 6.45) is 2.53. The molecule has 0 aliphatic heterocycles. The van der Waals surface area contributed by atoms with Crippen LogP contribution < -0.4 is 5.32 Å². The van der Waals surface area contributed by atoms with Gasteiger partial charge in [-0.05, 0) is 24.6 Å². The van der Waals surface area contributed by atoms with Gasteiger partial charge in [0.05, 0.1) is 19.4 Å². The van der Waals surface area contributed by atoms with E-state index < -0.39 is 0 Å². The lowest BCUT2D eigenvalue weighted by Crippen LogP contribution is -2.39. The number of hydrogen-bond donors (Lipinski definition) is 1. The van der Waals surface area contributed by atoms with E-state index >= 15 is 0 Å². The van der Waals surface area contributed by atoms with Crippen LogP contribution in [0, 0.1) is 6.92 Å². The molecule has 25 heavy (non-hydrogen) atoms. The van der Waals surface area contributed by atoms with Crippen LogP contribution in [0.4, 0.5) is 0 Å². The third-order valence-corrected chi connectivity index (χ3v) is 3.69. The largest absolute Gasteiger partial charge is 0.469 e. The fraction of sp³-hybridized carbons (Fsp3) is 0.421. The second-order valence-electron chi connectivity index (χ2n) is 5.80. The van der Waals surface area contributed by atoms with E-state index in [4.69, 9.17) is 9.15 Å². The van der Waals surface area contributed by atoms with Gasteiger partial charge in [0, 0.05) is 33.7 Å². The lowest BCUT2D eigenvalue weighted by Gasteiger charge is -2.22. The fourth-order valence-corrected chi connectivity index (χ4v) is 2.35. The Morgan fingerprint density at radius 3 is 2.64 bits per heavy atom. The topological polar surface area (TPSA) is 50.0 Å². The monoisotopic (exact) mass is 457 g/mol. The second-order valence-corrected chi connectivity index (χ2v) is 5.80. The minimum atomic E-state index is 0. The molecule has 0 unspecified atom stereocenters. The zero-order valence-corrected chi connectivity index (χ0v) is 17.5. The molecule has 138 valence electrons. The normalized spacial score (nSPS) is 11.1. The molecule has 1 aromatic carbocycles. The first kappa shape index (κ1) is 21.5. The van der Waals surface area contributed by atoms with Crippen molar-refractivity contribution in [2.75, 3.05) is 33.9 Å². The quantitative estimate of drug-likeness (QED) is 0.286. The molecule has 0 atom stereocenters. The molecule has 2 rings (SSSR count). The molecule has 1 aromatic heterocycles. The molecule has 0 bridgehead atoms. The maximum absolute atomic E-state index is 5.37. The minimum Gasteiger partial charge on any atom is -0.469 e. The molecule has 5 nitrogen and oxygen atoms in total. The molecule has 2 aromatic rings. The number of benzene rings is 1. The second kappa shape index (κ2) is 11.9. The van der Waals surface area contributed by atoms with Gasteiger partial charge in [-0.3, -0.25) is 4.99 Å². The number of nitrogens with zero attached hydrogens (tertiary/aromatic N) is 2. The maximum atomic E-state index is 5.37. The Morgan fingerprint density at radius 2 is 2.00 bits per heavy atom. The first-order valence-electron chi connectivity index (χ1n) is 8.25. The van der Waals surface area contributed by atoms with Gasteiger partial charge in [-0.1, -0.05) is 29.8 Å². The summed E-state index contributed by atoms with van der Waals surface area (Å²) in [7, 11) is 3.74. The Bertz CT molecular complexity index is 612. The highest BCUT2D eigenvalue weighted by atomic mass is 127. The Morgan fingerprint density at radius 1 is 1.24 bits per heavy atom. The van der Waals surface area contributed by atoms with E-state index in [0.29, 0.717) is 13.2 Å². The Hall–Kier alpha value is -1.54. The molecule has 6 heteroatoms. The van der Waals surface area contributed by atoms with Gasteiger partial charge >= 0.3 is 0 Å². The van der Waals surface area contributed by atoms with Crippen molar-refractivity contribution in [3.63, 3.8) is 0 Å². The van der Waals surface area contributed by atoms with Crippen LogP contribution in [-0.2, 0) is 17.7 Å². The molecule has 0 aliphatic rings. The number of hydrogen-bond acceptors (Lipinski definition) is 3. The van der Waals surface area contributed by atoms with Gasteiger partial charge in [-0.25, -0.2) is 0 Å². The van der Waals surface area contributed by atoms with Crippen molar-refractivity contribution in [3.05, 3.63) is 59.5 Å². The number of aryl methyl sites for hydroxylation is 1. The third kappa shape index (κ3) is 7.92. The van der Waals surface area contributed by atoms with E-state index in [1.54, 1.807) is 13.4 Å². The molecule has 0 saturated heterocycles. The van der Waals surface area contributed by atoms with Gasteiger partial charge in [0.15, 0.2) is 5.96 Å². The van der Waals surface area contributed by atoms with Crippen LogP contribution in [0.2, 0.25) is 0 Å². The Balaban J connectivity index is 0.00000312. The smallest absolute Gasteiger partial charge is 0.194 e. The Labute approximate surface area is 167 Å². The molecule has 1 heterocycles. The van der Waals surface area contributed by atoms with E-state index in [1.807, 2.05) is 19.2 Å². The predicted octanol–water partition coefficient (Wildman–Crippen LogP) is 3.47. The van der Waals surface area contributed by atoms with Gasteiger partial charge in [0.2, 0.25) is 0 Å². The molecule has 1 N–H and O–H groups in total. The highest BCUT2D eigenvalue weighted by Crippen LogP contribution is 2.06. The van der Waals surface area contributed by atoms with Gasteiger partial charge in [-0.2, -0.15) is 0 Å². The number of furan rings is 1. The van der Waals surface area contributed by atoms with Crippen molar-refractivity contribution in [2.45, 2.75) is 19.9 Å². The average Bonchev–Trinajstić information content (AvgIpc) is 3.09. The highest BCUT2D eigenvalue weighted by molar-refractivity contribution is 14.0. The van der Waals surface area contributed by atoms with Crippen LogP contribution in [0.25, 0.3) is 0 Å². The fourth-order valence-electron chi connectivity index (χ4n) is 2.35. The molecule has 0 spiro atoms. The molecular weight excluding hydrogens is 429 g/mol. The molecule has 0 amide bonds. The summed E-state index contributed by atoms with van der Waals surface area (Å²) >= 11 is 0. The van der Waals surface area contributed by atoms with Gasteiger partial charge in [0.1, 0.15) is 5.76 Å². The van der Waals surface area contributed by atoms with E-state index in [2.05, 4.69) is 46.4 Å². The van der Waals surface area contributed by atoms with Crippen LogP contribution in [0.3, 0.4) is 0 Å². The summed E-state index contributed by atoms with van der Waals surface area (Å²) in [5.74, 6) is 1.85. The lowest BCUT2D eigenvalue weighted by molar-refractivity contribution is 0.207. The van der Waals surface area contributed by atoms with Crippen molar-refractivity contribution in [1.29, 1.82) is 0 Å². The summed E-state index contributed by atoms with van der Waals surface area (Å²) in [6.45, 7) is 4.93. The van der Waals surface area contributed by atoms with Crippen molar-refractivity contribution in [2.24, 2.45) is 4.99 Å². The number of guanidine groups is 1. The number of methoxy groups -OCH3 is 1. The molecular formula is C19H28IN3O2. The summed E-state index contributed by atoms with van der Waals surface area (Å²) in [5.41, 5.74) is 2.53.